The molecule has 1 saturated heterocycles. The monoisotopic (exact) mass is 218 g/mol. The first-order valence-electron chi connectivity index (χ1n) is 6.03. The smallest absolute Gasteiger partial charge is 0.0933 e. The second-order valence-electron chi connectivity index (χ2n) is 4.23. The Balaban J connectivity index is 2.13. The third-order valence-corrected chi connectivity index (χ3v) is 3.17. The largest absolute Gasteiger partial charge is 0.378 e. The normalized spacial score (nSPS) is 22.6. The lowest BCUT2D eigenvalue weighted by Gasteiger charge is -2.32. The summed E-state index contributed by atoms with van der Waals surface area (Å²) in [7, 11) is 0. The van der Waals surface area contributed by atoms with Gasteiger partial charge in [-0.1, -0.05) is 6.08 Å². The Bertz CT molecular complexity index is 332. The van der Waals surface area contributed by atoms with Gasteiger partial charge < -0.3 is 9.64 Å². The van der Waals surface area contributed by atoms with E-state index in [9.17, 15) is 0 Å². The van der Waals surface area contributed by atoms with Crippen molar-refractivity contribution in [3.05, 3.63) is 23.4 Å². The molecular formula is C13H18N2O. The summed E-state index contributed by atoms with van der Waals surface area (Å²) in [5, 5.41) is 8.89. The molecule has 0 bridgehead atoms. The zero-order chi connectivity index (χ0) is 11.2. The zero-order valence-corrected chi connectivity index (χ0v) is 9.61. The SMILES string of the molecule is N#C/C=C(\C1=CCCCC1)N1CCOCC1. The van der Waals surface area contributed by atoms with E-state index in [0.29, 0.717) is 0 Å². The van der Waals surface area contributed by atoms with Crippen molar-refractivity contribution in [3.8, 4) is 6.07 Å². The number of allylic oxidation sites excluding steroid dienone is 3. The molecule has 0 N–H and O–H groups in total. The molecule has 1 aliphatic heterocycles. The van der Waals surface area contributed by atoms with E-state index < -0.39 is 0 Å². The van der Waals surface area contributed by atoms with Crippen molar-refractivity contribution >= 4 is 0 Å². The van der Waals surface area contributed by atoms with Gasteiger partial charge in [0.05, 0.1) is 25.0 Å². The molecule has 86 valence electrons. The Kier molecular flexibility index (Phi) is 4.01. The van der Waals surface area contributed by atoms with Gasteiger partial charge in [-0.3, -0.25) is 0 Å². The van der Waals surface area contributed by atoms with Crippen LogP contribution >= 0.6 is 0 Å². The maximum atomic E-state index is 8.89. The van der Waals surface area contributed by atoms with Gasteiger partial charge in [-0.2, -0.15) is 5.26 Å². The van der Waals surface area contributed by atoms with Crippen LogP contribution in [0, 0.1) is 11.3 Å². The molecule has 1 aliphatic carbocycles. The molecule has 0 saturated carbocycles. The van der Waals surface area contributed by atoms with Crippen molar-refractivity contribution in [2.24, 2.45) is 0 Å². The van der Waals surface area contributed by atoms with Gasteiger partial charge >= 0.3 is 0 Å². The first kappa shape index (κ1) is 11.2. The predicted molar refractivity (Wildman–Crippen MR) is 62.6 cm³/mol. The summed E-state index contributed by atoms with van der Waals surface area (Å²) < 4.78 is 5.34. The van der Waals surface area contributed by atoms with Crippen LogP contribution in [0.5, 0.6) is 0 Å². The van der Waals surface area contributed by atoms with Crippen LogP contribution in [0.1, 0.15) is 25.7 Å². The molecule has 0 amide bonds. The Morgan fingerprint density at radius 3 is 2.81 bits per heavy atom. The van der Waals surface area contributed by atoms with E-state index in [0.717, 1.165) is 44.8 Å². The van der Waals surface area contributed by atoms with Crippen LogP contribution in [-0.2, 0) is 4.74 Å². The number of nitrogens with zero attached hydrogens (tertiary/aromatic N) is 2. The summed E-state index contributed by atoms with van der Waals surface area (Å²) in [5.41, 5.74) is 2.49. The molecule has 0 unspecified atom stereocenters. The van der Waals surface area contributed by atoms with Gasteiger partial charge in [0, 0.05) is 19.2 Å². The molecule has 2 aliphatic rings. The Hall–Kier alpha value is -1.27. The summed E-state index contributed by atoms with van der Waals surface area (Å²) in [4.78, 5) is 2.28. The summed E-state index contributed by atoms with van der Waals surface area (Å²) in [6.07, 6.45) is 8.79. The zero-order valence-electron chi connectivity index (χ0n) is 9.61. The summed E-state index contributed by atoms with van der Waals surface area (Å²) in [5.74, 6) is 0. The molecule has 3 nitrogen and oxygen atoms in total. The van der Waals surface area contributed by atoms with Gasteiger partial charge in [-0.25, -0.2) is 0 Å². The minimum absolute atomic E-state index is 0.774. The average molecular weight is 218 g/mol. The lowest BCUT2D eigenvalue weighted by atomic mass is 9.96. The third-order valence-electron chi connectivity index (χ3n) is 3.17. The van der Waals surface area contributed by atoms with Gasteiger partial charge in [-0.05, 0) is 31.3 Å². The predicted octanol–water partition coefficient (Wildman–Crippen LogP) is 2.23. The Morgan fingerprint density at radius 2 is 2.19 bits per heavy atom. The number of hydrogen-bond donors (Lipinski definition) is 0. The minimum atomic E-state index is 0.774. The van der Waals surface area contributed by atoms with Crippen molar-refractivity contribution in [2.45, 2.75) is 25.7 Å². The number of ether oxygens (including phenoxy) is 1. The van der Waals surface area contributed by atoms with Crippen molar-refractivity contribution in [1.29, 1.82) is 5.26 Å². The quantitative estimate of drug-likeness (QED) is 0.667. The van der Waals surface area contributed by atoms with Gasteiger partial charge in [0.15, 0.2) is 0 Å². The molecule has 16 heavy (non-hydrogen) atoms. The molecule has 0 aromatic rings. The van der Waals surface area contributed by atoms with E-state index in [1.807, 2.05) is 0 Å². The number of morpholine rings is 1. The molecule has 2 rings (SSSR count). The minimum Gasteiger partial charge on any atom is -0.378 e. The summed E-state index contributed by atoms with van der Waals surface area (Å²) in [6, 6.07) is 2.18. The van der Waals surface area contributed by atoms with E-state index in [4.69, 9.17) is 10.00 Å². The molecule has 0 atom stereocenters. The van der Waals surface area contributed by atoms with Crippen LogP contribution in [-0.4, -0.2) is 31.2 Å². The fourth-order valence-electron chi connectivity index (χ4n) is 2.32. The highest BCUT2D eigenvalue weighted by atomic mass is 16.5. The Labute approximate surface area is 97.0 Å². The number of nitriles is 1. The average Bonchev–Trinajstić information content (AvgIpc) is 2.38. The maximum Gasteiger partial charge on any atom is 0.0933 e. The fourth-order valence-corrected chi connectivity index (χ4v) is 2.32. The van der Waals surface area contributed by atoms with Crippen LogP contribution < -0.4 is 0 Å². The topological polar surface area (TPSA) is 36.3 Å². The van der Waals surface area contributed by atoms with E-state index >= 15 is 0 Å². The number of rotatable bonds is 2. The second kappa shape index (κ2) is 5.72. The van der Waals surface area contributed by atoms with E-state index in [1.54, 1.807) is 6.08 Å². The summed E-state index contributed by atoms with van der Waals surface area (Å²) >= 11 is 0. The lowest BCUT2D eigenvalue weighted by Crippen LogP contribution is -2.36. The fraction of sp³-hybridized carbons (Fsp3) is 0.615. The molecule has 0 radical (unpaired) electrons. The van der Waals surface area contributed by atoms with E-state index in [-0.39, 0.29) is 0 Å². The van der Waals surface area contributed by atoms with Gasteiger partial charge in [0.1, 0.15) is 0 Å². The highest BCUT2D eigenvalue weighted by Crippen LogP contribution is 2.26. The first-order valence-corrected chi connectivity index (χ1v) is 6.03. The lowest BCUT2D eigenvalue weighted by molar-refractivity contribution is 0.0545. The van der Waals surface area contributed by atoms with Crippen molar-refractivity contribution in [2.75, 3.05) is 26.3 Å². The highest BCUT2D eigenvalue weighted by molar-refractivity contribution is 5.34. The molecule has 0 aromatic heterocycles. The van der Waals surface area contributed by atoms with Gasteiger partial charge in [0.2, 0.25) is 0 Å². The van der Waals surface area contributed by atoms with E-state index in [2.05, 4.69) is 17.0 Å². The molecular weight excluding hydrogens is 200 g/mol. The first-order chi connectivity index (χ1) is 7.92. The standard InChI is InChI=1S/C13H18N2O/c14-7-6-13(12-4-2-1-3-5-12)15-8-10-16-11-9-15/h4,6H,1-3,5,8-11H2/b13-6+. The van der Waals surface area contributed by atoms with Gasteiger partial charge in [0.25, 0.3) is 0 Å². The molecule has 1 fully saturated rings. The van der Waals surface area contributed by atoms with Gasteiger partial charge in [-0.15, -0.1) is 0 Å². The van der Waals surface area contributed by atoms with E-state index in [1.165, 1.54) is 18.4 Å². The summed E-state index contributed by atoms with van der Waals surface area (Å²) in [6.45, 7) is 3.36. The molecule has 3 heteroatoms. The van der Waals surface area contributed by atoms with Crippen molar-refractivity contribution in [3.63, 3.8) is 0 Å². The Morgan fingerprint density at radius 1 is 1.38 bits per heavy atom. The molecule has 1 heterocycles. The third kappa shape index (κ3) is 2.65. The number of hydrogen-bond acceptors (Lipinski definition) is 3. The van der Waals surface area contributed by atoms with Crippen molar-refractivity contribution < 1.29 is 4.74 Å². The van der Waals surface area contributed by atoms with Crippen LogP contribution in [0.15, 0.2) is 23.4 Å². The molecule has 0 aromatic carbocycles. The van der Waals surface area contributed by atoms with Crippen molar-refractivity contribution in [1.82, 2.24) is 4.90 Å². The van der Waals surface area contributed by atoms with Crippen LogP contribution in [0.25, 0.3) is 0 Å². The maximum absolute atomic E-state index is 8.89. The van der Waals surface area contributed by atoms with Crippen LogP contribution in [0.3, 0.4) is 0 Å². The second-order valence-corrected chi connectivity index (χ2v) is 4.23. The van der Waals surface area contributed by atoms with Crippen LogP contribution in [0.2, 0.25) is 0 Å². The molecule has 0 spiro atoms. The van der Waals surface area contributed by atoms with Crippen LogP contribution in [0.4, 0.5) is 0 Å². The highest BCUT2D eigenvalue weighted by Gasteiger charge is 2.17.